The molecular weight excluding hydrogens is 448 g/mol. The molecule has 1 saturated heterocycles. The molecule has 2 aromatic heterocycles. The molecule has 168 valence electrons. The number of rotatable bonds is 5. The first kappa shape index (κ1) is 21.2. The summed E-state index contributed by atoms with van der Waals surface area (Å²) in [7, 11) is -3.73. The number of hydrogen-bond donors (Lipinski definition) is 1. The van der Waals surface area contributed by atoms with E-state index < -0.39 is 14.6 Å². The standard InChI is InChI=1S/C21H24N6O3S2/c1-13-12-30-10-9-27(13)18-11-17(23-19(24-18)15-3-5-16(22)6-4-15)21(7-8-21)32(28,29)20-26-25-14(2)31-20/h3-6,11,13H,7-10,12,22H2,1-2H3/t13-/m0/s1. The molecule has 32 heavy (non-hydrogen) atoms. The van der Waals surface area contributed by atoms with E-state index in [1.165, 1.54) is 0 Å². The summed E-state index contributed by atoms with van der Waals surface area (Å²) >= 11 is 1.10. The minimum Gasteiger partial charge on any atom is -0.399 e. The number of aromatic nitrogens is 4. The van der Waals surface area contributed by atoms with Crippen LogP contribution in [0.2, 0.25) is 0 Å². The Hall–Kier alpha value is -2.63. The fraction of sp³-hybridized carbons (Fsp3) is 0.429. The average Bonchev–Trinajstić information content (AvgIpc) is 3.50. The van der Waals surface area contributed by atoms with Crippen molar-refractivity contribution in [3.8, 4) is 11.4 Å². The van der Waals surface area contributed by atoms with Crippen LogP contribution in [0.1, 0.15) is 30.5 Å². The second-order valence-corrected chi connectivity index (χ2v) is 11.9. The van der Waals surface area contributed by atoms with Gasteiger partial charge in [-0.25, -0.2) is 18.4 Å². The van der Waals surface area contributed by atoms with E-state index in [0.29, 0.717) is 60.6 Å². The minimum absolute atomic E-state index is 0.0430. The molecule has 0 spiro atoms. The van der Waals surface area contributed by atoms with E-state index in [1.807, 2.05) is 18.2 Å². The zero-order valence-electron chi connectivity index (χ0n) is 17.9. The number of nitrogen functional groups attached to an aromatic ring is 1. The number of morpholine rings is 1. The molecule has 2 aliphatic rings. The second kappa shape index (κ2) is 7.75. The van der Waals surface area contributed by atoms with Gasteiger partial charge in [-0.1, -0.05) is 11.3 Å². The monoisotopic (exact) mass is 472 g/mol. The highest BCUT2D eigenvalue weighted by Gasteiger charge is 2.59. The molecule has 11 heteroatoms. The van der Waals surface area contributed by atoms with Crippen molar-refractivity contribution in [2.75, 3.05) is 30.4 Å². The van der Waals surface area contributed by atoms with E-state index in [-0.39, 0.29) is 10.4 Å². The lowest BCUT2D eigenvalue weighted by Crippen LogP contribution is -2.44. The van der Waals surface area contributed by atoms with Gasteiger partial charge in [0.1, 0.15) is 15.6 Å². The Morgan fingerprint density at radius 3 is 2.56 bits per heavy atom. The van der Waals surface area contributed by atoms with Crippen LogP contribution in [0, 0.1) is 6.92 Å². The number of aryl methyl sites for hydroxylation is 1. The number of nitrogens with zero attached hydrogens (tertiary/aromatic N) is 5. The molecule has 1 atom stereocenters. The van der Waals surface area contributed by atoms with Gasteiger partial charge in [0, 0.05) is 23.9 Å². The van der Waals surface area contributed by atoms with Crippen molar-refractivity contribution in [2.24, 2.45) is 0 Å². The number of hydrogen-bond acceptors (Lipinski definition) is 10. The summed E-state index contributed by atoms with van der Waals surface area (Å²) in [6, 6.07) is 9.21. The number of nitrogens with two attached hydrogens (primary N) is 1. The van der Waals surface area contributed by atoms with Gasteiger partial charge < -0.3 is 15.4 Å². The van der Waals surface area contributed by atoms with Gasteiger partial charge in [0.05, 0.1) is 24.9 Å². The number of anilines is 2. The van der Waals surface area contributed by atoms with Gasteiger partial charge in [-0.15, -0.1) is 10.2 Å². The van der Waals surface area contributed by atoms with Crippen LogP contribution in [-0.4, -0.2) is 54.4 Å². The Bertz CT molecular complexity index is 1250. The van der Waals surface area contributed by atoms with Crippen LogP contribution >= 0.6 is 11.3 Å². The van der Waals surface area contributed by atoms with Gasteiger partial charge in [-0.3, -0.25) is 0 Å². The summed E-state index contributed by atoms with van der Waals surface area (Å²) in [6.07, 6.45) is 0.981. The number of ether oxygens (including phenoxy) is 1. The van der Waals surface area contributed by atoms with E-state index in [2.05, 4.69) is 22.0 Å². The Labute approximate surface area is 190 Å². The lowest BCUT2D eigenvalue weighted by atomic mass is 10.1. The third kappa shape index (κ3) is 3.54. The predicted molar refractivity (Wildman–Crippen MR) is 122 cm³/mol. The van der Waals surface area contributed by atoms with E-state index >= 15 is 0 Å². The molecule has 1 aromatic carbocycles. The normalized spacial score (nSPS) is 20.3. The summed E-state index contributed by atoms with van der Waals surface area (Å²) in [6.45, 7) is 5.67. The molecule has 1 saturated carbocycles. The van der Waals surface area contributed by atoms with Crippen molar-refractivity contribution in [1.82, 2.24) is 20.2 Å². The molecule has 0 radical (unpaired) electrons. The van der Waals surface area contributed by atoms with E-state index in [9.17, 15) is 8.42 Å². The maximum atomic E-state index is 13.6. The lowest BCUT2D eigenvalue weighted by Gasteiger charge is -2.34. The highest BCUT2D eigenvalue weighted by atomic mass is 32.2. The fourth-order valence-electron chi connectivity index (χ4n) is 3.97. The molecule has 3 heterocycles. The van der Waals surface area contributed by atoms with Gasteiger partial charge in [0.15, 0.2) is 5.82 Å². The molecular formula is C21H24N6O3S2. The molecule has 5 rings (SSSR count). The van der Waals surface area contributed by atoms with Gasteiger partial charge >= 0.3 is 0 Å². The topological polar surface area (TPSA) is 124 Å². The van der Waals surface area contributed by atoms with Crippen molar-refractivity contribution in [2.45, 2.75) is 41.8 Å². The Morgan fingerprint density at radius 1 is 1.19 bits per heavy atom. The minimum atomic E-state index is -3.73. The van der Waals surface area contributed by atoms with Crippen LogP contribution in [0.3, 0.4) is 0 Å². The molecule has 1 aliphatic carbocycles. The zero-order valence-corrected chi connectivity index (χ0v) is 19.5. The number of sulfone groups is 1. The second-order valence-electron chi connectivity index (χ2n) is 8.26. The first-order valence-electron chi connectivity index (χ1n) is 10.4. The predicted octanol–water partition coefficient (Wildman–Crippen LogP) is 2.57. The molecule has 0 unspecified atom stereocenters. The summed E-state index contributed by atoms with van der Waals surface area (Å²) in [5.74, 6) is 1.18. The fourth-order valence-corrected chi connectivity index (χ4v) is 7.17. The SMILES string of the molecule is Cc1nnc(S(=O)(=O)C2(c3cc(N4CCOC[C@@H]4C)nc(-c4ccc(N)cc4)n3)CC2)s1. The van der Waals surface area contributed by atoms with Crippen LogP contribution in [0.15, 0.2) is 34.7 Å². The maximum Gasteiger partial charge on any atom is 0.233 e. The highest BCUT2D eigenvalue weighted by Crippen LogP contribution is 2.55. The smallest absolute Gasteiger partial charge is 0.233 e. The molecule has 0 bridgehead atoms. The van der Waals surface area contributed by atoms with Crippen LogP contribution in [0.5, 0.6) is 0 Å². The Morgan fingerprint density at radius 2 is 1.94 bits per heavy atom. The summed E-state index contributed by atoms with van der Waals surface area (Å²) in [5, 5.41) is 8.46. The summed E-state index contributed by atoms with van der Waals surface area (Å²) in [5.41, 5.74) is 7.77. The van der Waals surface area contributed by atoms with Gasteiger partial charge in [0.25, 0.3) is 0 Å². The zero-order chi connectivity index (χ0) is 22.5. The maximum absolute atomic E-state index is 13.6. The van der Waals surface area contributed by atoms with E-state index in [0.717, 1.165) is 16.9 Å². The van der Waals surface area contributed by atoms with Crippen molar-refractivity contribution < 1.29 is 13.2 Å². The van der Waals surface area contributed by atoms with Gasteiger partial charge in [-0.2, -0.15) is 0 Å². The molecule has 2 N–H and O–H groups in total. The Balaban J connectivity index is 1.65. The molecule has 1 aliphatic heterocycles. The average molecular weight is 473 g/mol. The van der Waals surface area contributed by atoms with Gasteiger partial charge in [0.2, 0.25) is 14.2 Å². The third-order valence-electron chi connectivity index (χ3n) is 5.97. The quantitative estimate of drug-likeness (QED) is 0.558. The van der Waals surface area contributed by atoms with Crippen molar-refractivity contribution in [3.05, 3.63) is 41.0 Å². The van der Waals surface area contributed by atoms with E-state index in [1.54, 1.807) is 19.1 Å². The van der Waals surface area contributed by atoms with Crippen LogP contribution in [0.25, 0.3) is 11.4 Å². The van der Waals surface area contributed by atoms with Crippen LogP contribution < -0.4 is 10.6 Å². The largest absolute Gasteiger partial charge is 0.399 e. The number of benzene rings is 1. The Kier molecular flexibility index (Phi) is 5.14. The van der Waals surface area contributed by atoms with E-state index in [4.69, 9.17) is 20.4 Å². The molecule has 2 fully saturated rings. The molecule has 0 amide bonds. The van der Waals surface area contributed by atoms with Gasteiger partial charge in [-0.05, 0) is 51.0 Å². The van der Waals surface area contributed by atoms with Crippen molar-refractivity contribution in [1.29, 1.82) is 0 Å². The lowest BCUT2D eigenvalue weighted by molar-refractivity contribution is 0.0985. The highest BCUT2D eigenvalue weighted by molar-refractivity contribution is 7.94. The first-order valence-corrected chi connectivity index (χ1v) is 12.7. The third-order valence-corrected chi connectivity index (χ3v) is 9.70. The first-order chi connectivity index (χ1) is 15.3. The molecule has 9 nitrogen and oxygen atoms in total. The van der Waals surface area contributed by atoms with Crippen molar-refractivity contribution in [3.63, 3.8) is 0 Å². The summed E-state index contributed by atoms with van der Waals surface area (Å²) < 4.78 is 31.7. The van der Waals surface area contributed by atoms with Crippen LogP contribution in [0.4, 0.5) is 11.5 Å². The molecule has 3 aromatic rings. The van der Waals surface area contributed by atoms with Crippen LogP contribution in [-0.2, 0) is 19.3 Å². The summed E-state index contributed by atoms with van der Waals surface area (Å²) in [4.78, 5) is 11.7. The van der Waals surface area contributed by atoms with Crippen molar-refractivity contribution >= 4 is 32.7 Å².